The fourth-order valence-corrected chi connectivity index (χ4v) is 2.88. The molecule has 1 aromatic rings. The summed E-state index contributed by atoms with van der Waals surface area (Å²) in [4.78, 5) is 1.25. The number of halogens is 1. The van der Waals surface area contributed by atoms with Gasteiger partial charge in [-0.25, -0.2) is 0 Å². The predicted octanol–water partition coefficient (Wildman–Crippen LogP) is 2.97. The highest BCUT2D eigenvalue weighted by Crippen LogP contribution is 2.41. The molecule has 2 heterocycles. The van der Waals surface area contributed by atoms with Gasteiger partial charge in [-0.15, -0.1) is 11.3 Å². The van der Waals surface area contributed by atoms with Gasteiger partial charge in [-0.05, 0) is 18.6 Å². The van der Waals surface area contributed by atoms with Crippen LogP contribution in [0.5, 0.6) is 0 Å². The Hall–Kier alpha value is -0.560. The van der Waals surface area contributed by atoms with Gasteiger partial charge in [0.05, 0.1) is 29.0 Å². The van der Waals surface area contributed by atoms with Crippen molar-refractivity contribution in [3.8, 4) is 6.07 Å². The lowest BCUT2D eigenvalue weighted by Crippen LogP contribution is -2.46. The number of rotatable bonds is 3. The molecule has 0 aliphatic carbocycles. The molecule has 0 radical (unpaired) electrons. The van der Waals surface area contributed by atoms with Crippen LogP contribution in [0, 0.1) is 11.3 Å². The molecule has 0 bridgehead atoms. The molecule has 1 aliphatic heterocycles. The third kappa shape index (κ3) is 1.66. The van der Waals surface area contributed by atoms with Crippen LogP contribution in [0.4, 0.5) is 0 Å². The molecule has 4 heteroatoms. The van der Waals surface area contributed by atoms with Crippen molar-refractivity contribution in [1.82, 2.24) is 0 Å². The molecule has 0 saturated carbocycles. The van der Waals surface area contributed by atoms with Crippen LogP contribution in [-0.4, -0.2) is 13.2 Å². The van der Waals surface area contributed by atoms with Crippen LogP contribution in [-0.2, 0) is 10.2 Å². The van der Waals surface area contributed by atoms with Gasteiger partial charge in [0.2, 0.25) is 0 Å². The lowest BCUT2D eigenvalue weighted by Gasteiger charge is -2.40. The van der Waals surface area contributed by atoms with Gasteiger partial charge >= 0.3 is 0 Å². The Morgan fingerprint density at radius 1 is 1.57 bits per heavy atom. The van der Waals surface area contributed by atoms with Gasteiger partial charge in [-0.1, -0.05) is 11.6 Å². The van der Waals surface area contributed by atoms with Crippen molar-refractivity contribution >= 4 is 22.9 Å². The molecule has 0 aromatic carbocycles. The van der Waals surface area contributed by atoms with Crippen molar-refractivity contribution < 1.29 is 4.74 Å². The average molecular weight is 228 g/mol. The van der Waals surface area contributed by atoms with Crippen LogP contribution in [0.15, 0.2) is 12.1 Å². The molecule has 14 heavy (non-hydrogen) atoms. The molecule has 0 amide bonds. The third-order valence-corrected chi connectivity index (χ3v) is 4.05. The first-order chi connectivity index (χ1) is 6.77. The maximum Gasteiger partial charge on any atom is 0.0931 e. The Bertz CT molecular complexity index is 364. The van der Waals surface area contributed by atoms with Gasteiger partial charge in [-0.3, -0.25) is 0 Å². The van der Waals surface area contributed by atoms with E-state index in [2.05, 4.69) is 6.07 Å². The minimum atomic E-state index is 0.0769. The standard InChI is InChI=1S/C10H10ClNOS/c11-9-3-2-8(14-9)10(4-1-5-12)6-13-7-10/h2-3H,1,4,6-7H2. The number of nitrogens with zero attached hydrogens (tertiary/aromatic N) is 1. The van der Waals surface area contributed by atoms with Crippen LogP contribution in [0.3, 0.4) is 0 Å². The highest BCUT2D eigenvalue weighted by atomic mass is 35.5. The van der Waals surface area contributed by atoms with Gasteiger partial charge in [0, 0.05) is 11.3 Å². The molecule has 0 unspecified atom stereocenters. The quantitative estimate of drug-likeness (QED) is 0.796. The van der Waals surface area contributed by atoms with Gasteiger partial charge in [0.1, 0.15) is 0 Å². The Kier molecular flexibility index (Phi) is 2.78. The van der Waals surface area contributed by atoms with E-state index in [1.54, 1.807) is 11.3 Å². The lowest BCUT2D eigenvalue weighted by molar-refractivity contribution is -0.0618. The summed E-state index contributed by atoms with van der Waals surface area (Å²) in [5, 5.41) is 8.59. The molecule has 2 rings (SSSR count). The number of hydrogen-bond acceptors (Lipinski definition) is 3. The summed E-state index contributed by atoms with van der Waals surface area (Å²) in [6.45, 7) is 1.46. The molecular formula is C10H10ClNOS. The molecular weight excluding hydrogens is 218 g/mol. The maximum atomic E-state index is 8.59. The zero-order chi connectivity index (χ0) is 10.0. The second kappa shape index (κ2) is 3.90. The highest BCUT2D eigenvalue weighted by molar-refractivity contribution is 7.16. The maximum absolute atomic E-state index is 8.59. The average Bonchev–Trinajstić information content (AvgIpc) is 2.51. The van der Waals surface area contributed by atoms with Crippen molar-refractivity contribution in [3.63, 3.8) is 0 Å². The van der Waals surface area contributed by atoms with E-state index in [0.29, 0.717) is 6.42 Å². The van der Waals surface area contributed by atoms with Crippen LogP contribution in [0.1, 0.15) is 17.7 Å². The van der Waals surface area contributed by atoms with Crippen LogP contribution in [0.25, 0.3) is 0 Å². The molecule has 1 aliphatic rings. The summed E-state index contributed by atoms with van der Waals surface area (Å²) in [5.41, 5.74) is 0.0769. The van der Waals surface area contributed by atoms with E-state index in [4.69, 9.17) is 21.6 Å². The molecule has 2 nitrogen and oxygen atoms in total. The van der Waals surface area contributed by atoms with E-state index in [-0.39, 0.29) is 5.41 Å². The Labute approximate surface area is 92.1 Å². The van der Waals surface area contributed by atoms with Crippen LogP contribution >= 0.6 is 22.9 Å². The summed E-state index contributed by atoms with van der Waals surface area (Å²) in [6.07, 6.45) is 1.46. The van der Waals surface area contributed by atoms with E-state index in [9.17, 15) is 0 Å². The third-order valence-electron chi connectivity index (χ3n) is 2.57. The van der Waals surface area contributed by atoms with E-state index in [1.165, 1.54) is 4.88 Å². The summed E-state index contributed by atoms with van der Waals surface area (Å²) >= 11 is 7.49. The fraction of sp³-hybridized carbons (Fsp3) is 0.500. The van der Waals surface area contributed by atoms with Gasteiger partial charge in [-0.2, -0.15) is 5.26 Å². The Morgan fingerprint density at radius 2 is 2.36 bits per heavy atom. The summed E-state index contributed by atoms with van der Waals surface area (Å²) in [6, 6.07) is 6.14. The minimum absolute atomic E-state index is 0.0769. The van der Waals surface area contributed by atoms with Crippen LogP contribution < -0.4 is 0 Å². The van der Waals surface area contributed by atoms with E-state index in [0.717, 1.165) is 24.0 Å². The normalized spacial score (nSPS) is 18.6. The molecule has 74 valence electrons. The Balaban J connectivity index is 2.16. The minimum Gasteiger partial charge on any atom is -0.379 e. The fourth-order valence-electron chi connectivity index (χ4n) is 1.65. The SMILES string of the molecule is N#CCCC1(c2ccc(Cl)s2)COC1. The molecule has 1 saturated heterocycles. The smallest absolute Gasteiger partial charge is 0.0931 e. The first-order valence-electron chi connectivity index (χ1n) is 4.47. The molecule has 0 N–H and O–H groups in total. The highest BCUT2D eigenvalue weighted by Gasteiger charge is 2.40. The second-order valence-electron chi connectivity index (χ2n) is 3.54. The van der Waals surface area contributed by atoms with Crippen molar-refractivity contribution in [2.75, 3.05) is 13.2 Å². The van der Waals surface area contributed by atoms with E-state index >= 15 is 0 Å². The first kappa shape index (κ1) is 9.97. The van der Waals surface area contributed by atoms with Gasteiger partial charge in [0.15, 0.2) is 0 Å². The van der Waals surface area contributed by atoms with Gasteiger partial charge < -0.3 is 4.74 Å². The number of nitriles is 1. The lowest BCUT2D eigenvalue weighted by atomic mass is 9.80. The summed E-state index contributed by atoms with van der Waals surface area (Å²) in [7, 11) is 0. The van der Waals surface area contributed by atoms with Crippen molar-refractivity contribution in [2.24, 2.45) is 0 Å². The molecule has 0 spiro atoms. The number of ether oxygens (including phenoxy) is 1. The van der Waals surface area contributed by atoms with Gasteiger partial charge in [0.25, 0.3) is 0 Å². The van der Waals surface area contributed by atoms with E-state index < -0.39 is 0 Å². The molecule has 1 aromatic heterocycles. The van der Waals surface area contributed by atoms with E-state index in [1.807, 2.05) is 12.1 Å². The summed E-state index contributed by atoms with van der Waals surface area (Å²) in [5.74, 6) is 0. The zero-order valence-electron chi connectivity index (χ0n) is 7.62. The van der Waals surface area contributed by atoms with Crippen molar-refractivity contribution in [3.05, 3.63) is 21.3 Å². The largest absolute Gasteiger partial charge is 0.379 e. The molecule has 0 atom stereocenters. The Morgan fingerprint density at radius 3 is 2.79 bits per heavy atom. The van der Waals surface area contributed by atoms with Crippen LogP contribution in [0.2, 0.25) is 4.34 Å². The monoisotopic (exact) mass is 227 g/mol. The molecule has 1 fully saturated rings. The predicted molar refractivity (Wildman–Crippen MR) is 56.7 cm³/mol. The number of hydrogen-bond donors (Lipinski definition) is 0. The first-order valence-corrected chi connectivity index (χ1v) is 5.67. The van der Waals surface area contributed by atoms with Crippen molar-refractivity contribution in [2.45, 2.75) is 18.3 Å². The number of thiophene rings is 1. The topological polar surface area (TPSA) is 33.0 Å². The zero-order valence-corrected chi connectivity index (χ0v) is 9.20. The second-order valence-corrected chi connectivity index (χ2v) is 5.25. The van der Waals surface area contributed by atoms with Crippen molar-refractivity contribution in [1.29, 1.82) is 5.26 Å². The summed E-state index contributed by atoms with van der Waals surface area (Å²) < 4.78 is 6.06.